The van der Waals surface area contributed by atoms with E-state index in [2.05, 4.69) is 0 Å². The van der Waals surface area contributed by atoms with E-state index in [-0.39, 0.29) is 28.3 Å². The van der Waals surface area contributed by atoms with Crippen molar-refractivity contribution < 1.29 is 14.4 Å². The Morgan fingerprint density at radius 3 is 2.40 bits per heavy atom. The summed E-state index contributed by atoms with van der Waals surface area (Å²) < 4.78 is 2.46. The zero-order valence-electron chi connectivity index (χ0n) is 14.2. The van der Waals surface area contributed by atoms with Gasteiger partial charge < -0.3 is 0 Å². The molecule has 0 radical (unpaired) electrons. The van der Waals surface area contributed by atoms with Crippen molar-refractivity contribution in [3.63, 3.8) is 0 Å². The maximum absolute atomic E-state index is 13.1. The first kappa shape index (κ1) is 16.4. The van der Waals surface area contributed by atoms with E-state index in [1.165, 1.54) is 0 Å². The van der Waals surface area contributed by atoms with Crippen molar-refractivity contribution in [2.24, 2.45) is 17.8 Å². The van der Waals surface area contributed by atoms with Gasteiger partial charge in [0.1, 0.15) is 5.92 Å². The summed E-state index contributed by atoms with van der Waals surface area (Å²) in [6.07, 6.45) is 2.05. The summed E-state index contributed by atoms with van der Waals surface area (Å²) in [4.78, 5) is 50.3. The van der Waals surface area contributed by atoms with Crippen LogP contribution in [0, 0.1) is 24.7 Å². The fraction of sp³-hybridized carbons (Fsp3) is 0.474. The first-order chi connectivity index (χ1) is 11.9. The maximum atomic E-state index is 13.1. The SMILES string of the molecule is CCn1c(=O)sc2ccc(C(=O)C3C(=O)C4CCC(C4)C3=O)c(C)c21. The van der Waals surface area contributed by atoms with Crippen LogP contribution in [0.5, 0.6) is 0 Å². The number of aryl methyl sites for hydroxylation is 2. The van der Waals surface area contributed by atoms with Crippen LogP contribution in [-0.4, -0.2) is 21.9 Å². The molecule has 0 aliphatic heterocycles. The van der Waals surface area contributed by atoms with Crippen molar-refractivity contribution >= 4 is 38.9 Å². The molecule has 1 aromatic heterocycles. The number of aromatic nitrogens is 1. The molecule has 4 rings (SSSR count). The molecule has 0 amide bonds. The van der Waals surface area contributed by atoms with Gasteiger partial charge in [0.25, 0.3) is 0 Å². The molecule has 0 N–H and O–H groups in total. The molecule has 2 aromatic rings. The molecule has 0 spiro atoms. The fourth-order valence-electron chi connectivity index (χ4n) is 4.41. The number of benzene rings is 1. The first-order valence-corrected chi connectivity index (χ1v) is 9.50. The van der Waals surface area contributed by atoms with Crippen LogP contribution in [0.2, 0.25) is 0 Å². The summed E-state index contributed by atoms with van der Waals surface area (Å²) >= 11 is 1.15. The number of hydrogen-bond donors (Lipinski definition) is 0. The van der Waals surface area contributed by atoms with Crippen LogP contribution >= 0.6 is 11.3 Å². The predicted octanol–water partition coefficient (Wildman–Crippen LogP) is 2.76. The monoisotopic (exact) mass is 357 g/mol. The lowest BCUT2D eigenvalue weighted by Crippen LogP contribution is -2.41. The minimum absolute atomic E-state index is 0.0620. The van der Waals surface area contributed by atoms with Gasteiger partial charge in [0.05, 0.1) is 10.2 Å². The van der Waals surface area contributed by atoms with E-state index in [0.717, 1.165) is 34.4 Å². The predicted molar refractivity (Wildman–Crippen MR) is 95.2 cm³/mol. The third-order valence-electron chi connectivity index (χ3n) is 5.73. The molecule has 2 fully saturated rings. The van der Waals surface area contributed by atoms with E-state index < -0.39 is 11.7 Å². The van der Waals surface area contributed by atoms with Crippen LogP contribution in [0.1, 0.15) is 42.1 Å². The van der Waals surface area contributed by atoms with E-state index in [1.54, 1.807) is 23.6 Å². The molecule has 2 saturated carbocycles. The molecule has 25 heavy (non-hydrogen) atoms. The van der Waals surface area contributed by atoms with Gasteiger partial charge >= 0.3 is 4.87 Å². The zero-order chi connectivity index (χ0) is 17.9. The lowest BCUT2D eigenvalue weighted by molar-refractivity contribution is -0.137. The second-order valence-electron chi connectivity index (χ2n) is 7.01. The largest absolute Gasteiger partial charge is 0.308 e. The lowest BCUT2D eigenvalue weighted by Gasteiger charge is -2.24. The number of Topliss-reactive ketones (excluding diaryl/α,β-unsaturated/α-hetero) is 3. The Hall–Kier alpha value is -2.08. The van der Waals surface area contributed by atoms with E-state index in [1.807, 2.05) is 6.92 Å². The molecule has 1 aromatic carbocycles. The molecular weight excluding hydrogens is 338 g/mol. The van der Waals surface area contributed by atoms with Gasteiger partial charge in [0.2, 0.25) is 0 Å². The molecule has 2 bridgehead atoms. The van der Waals surface area contributed by atoms with Gasteiger partial charge in [-0.1, -0.05) is 11.3 Å². The van der Waals surface area contributed by atoms with Crippen molar-refractivity contribution in [3.8, 4) is 0 Å². The topological polar surface area (TPSA) is 73.2 Å². The Morgan fingerprint density at radius 1 is 1.16 bits per heavy atom. The maximum Gasteiger partial charge on any atom is 0.308 e. The van der Waals surface area contributed by atoms with Gasteiger partial charge in [-0.2, -0.15) is 0 Å². The molecule has 1 heterocycles. The molecule has 6 heteroatoms. The molecule has 5 nitrogen and oxygen atoms in total. The average Bonchev–Trinajstić information content (AvgIpc) is 3.16. The van der Waals surface area contributed by atoms with Crippen LogP contribution < -0.4 is 4.87 Å². The number of nitrogens with zero attached hydrogens (tertiary/aromatic N) is 1. The number of ketones is 3. The molecule has 2 aliphatic carbocycles. The molecular formula is C19H19NO4S. The van der Waals surface area contributed by atoms with Gasteiger partial charge in [-0.3, -0.25) is 23.7 Å². The normalized spacial score (nSPS) is 25.8. The van der Waals surface area contributed by atoms with Gasteiger partial charge in [-0.05, 0) is 50.8 Å². The summed E-state index contributed by atoms with van der Waals surface area (Å²) in [5, 5.41) is 0. The highest BCUT2D eigenvalue weighted by Crippen LogP contribution is 2.41. The van der Waals surface area contributed by atoms with Crippen molar-refractivity contribution in [1.29, 1.82) is 0 Å². The van der Waals surface area contributed by atoms with Gasteiger partial charge in [0, 0.05) is 23.9 Å². The fourth-order valence-corrected chi connectivity index (χ4v) is 5.43. The Kier molecular flexibility index (Phi) is 3.76. The minimum Gasteiger partial charge on any atom is -0.299 e. The number of rotatable bonds is 3. The van der Waals surface area contributed by atoms with Crippen molar-refractivity contribution in [2.45, 2.75) is 39.7 Å². The molecule has 0 saturated heterocycles. The highest BCUT2D eigenvalue weighted by Gasteiger charge is 2.50. The number of carbonyl (C=O) groups excluding carboxylic acids is 3. The molecule has 2 unspecified atom stereocenters. The third-order valence-corrected chi connectivity index (χ3v) is 6.68. The van der Waals surface area contributed by atoms with Gasteiger partial charge in [-0.25, -0.2) is 0 Å². The lowest BCUT2D eigenvalue weighted by atomic mass is 9.75. The standard InChI is InChI=1S/C19H19NO4S/c1-3-20-15-9(2)12(6-7-13(15)25-19(20)24)18(23)14-16(21)10-4-5-11(8-10)17(14)22/h6-7,10-11,14H,3-5,8H2,1-2H3. The third kappa shape index (κ3) is 2.27. The molecule has 2 aliphatic rings. The second-order valence-corrected chi connectivity index (χ2v) is 8.00. The summed E-state index contributed by atoms with van der Waals surface area (Å²) in [6.45, 7) is 4.19. The molecule has 2 atom stereocenters. The van der Waals surface area contributed by atoms with E-state index in [9.17, 15) is 19.2 Å². The summed E-state index contributed by atoms with van der Waals surface area (Å²) in [5.74, 6) is -2.25. The van der Waals surface area contributed by atoms with Crippen LogP contribution in [0.15, 0.2) is 16.9 Å². The number of hydrogen-bond acceptors (Lipinski definition) is 5. The van der Waals surface area contributed by atoms with Crippen molar-refractivity contribution in [3.05, 3.63) is 32.9 Å². The highest BCUT2D eigenvalue weighted by atomic mass is 32.1. The number of fused-ring (bicyclic) bond motifs is 3. The summed E-state index contributed by atoms with van der Waals surface area (Å²) in [7, 11) is 0. The number of thiazole rings is 1. The van der Waals surface area contributed by atoms with E-state index in [0.29, 0.717) is 24.1 Å². The molecule has 130 valence electrons. The Labute approximate surface area is 148 Å². The Balaban J connectivity index is 1.83. The Morgan fingerprint density at radius 2 is 1.80 bits per heavy atom. The van der Waals surface area contributed by atoms with E-state index >= 15 is 0 Å². The number of carbonyl (C=O) groups is 3. The van der Waals surface area contributed by atoms with Crippen LogP contribution in [-0.2, 0) is 16.1 Å². The first-order valence-electron chi connectivity index (χ1n) is 8.68. The van der Waals surface area contributed by atoms with Crippen molar-refractivity contribution in [1.82, 2.24) is 4.57 Å². The van der Waals surface area contributed by atoms with Crippen LogP contribution in [0.4, 0.5) is 0 Å². The van der Waals surface area contributed by atoms with Gasteiger partial charge in [0.15, 0.2) is 17.3 Å². The summed E-state index contributed by atoms with van der Waals surface area (Å²) in [6, 6.07) is 3.41. The smallest absolute Gasteiger partial charge is 0.299 e. The quantitative estimate of drug-likeness (QED) is 0.625. The van der Waals surface area contributed by atoms with Crippen molar-refractivity contribution in [2.75, 3.05) is 0 Å². The van der Waals surface area contributed by atoms with E-state index in [4.69, 9.17) is 0 Å². The Bertz CT molecular complexity index is 961. The van der Waals surface area contributed by atoms with Gasteiger partial charge in [-0.15, -0.1) is 0 Å². The van der Waals surface area contributed by atoms with Crippen LogP contribution in [0.25, 0.3) is 10.2 Å². The van der Waals surface area contributed by atoms with Crippen LogP contribution in [0.3, 0.4) is 0 Å². The minimum atomic E-state index is -1.15. The highest BCUT2D eigenvalue weighted by molar-refractivity contribution is 7.16. The average molecular weight is 357 g/mol. The second kappa shape index (κ2) is 5.73. The zero-order valence-corrected chi connectivity index (χ0v) is 15.0. The summed E-state index contributed by atoms with van der Waals surface area (Å²) in [5.41, 5.74) is 1.81.